The van der Waals surface area contributed by atoms with Gasteiger partial charge < -0.3 is 9.80 Å². The lowest BCUT2D eigenvalue weighted by Crippen LogP contribution is -2.52. The molecule has 144 valence electrons. The van der Waals surface area contributed by atoms with Crippen molar-refractivity contribution in [3.05, 3.63) is 56.2 Å². The van der Waals surface area contributed by atoms with Gasteiger partial charge in [-0.25, -0.2) is 0 Å². The number of carbonyl (C=O) groups excluding carboxylic acids is 2. The van der Waals surface area contributed by atoms with Gasteiger partial charge in [0.05, 0.1) is 10.3 Å². The van der Waals surface area contributed by atoms with Crippen LogP contribution in [-0.4, -0.2) is 34.7 Å². The van der Waals surface area contributed by atoms with Crippen molar-refractivity contribution >= 4 is 39.1 Å². The molecule has 0 saturated heterocycles. The molecule has 1 atom stereocenters. The summed E-state index contributed by atoms with van der Waals surface area (Å²) in [7, 11) is 1.82. The highest BCUT2D eigenvalue weighted by Crippen LogP contribution is 2.27. The van der Waals surface area contributed by atoms with E-state index in [1.807, 2.05) is 45.2 Å². The summed E-state index contributed by atoms with van der Waals surface area (Å²) in [5, 5.41) is 0. The molecule has 0 fully saturated rings. The van der Waals surface area contributed by atoms with Gasteiger partial charge in [0.1, 0.15) is 6.04 Å². The Hall–Kier alpha value is -1.66. The molecule has 0 spiro atoms. The van der Waals surface area contributed by atoms with E-state index in [0.717, 1.165) is 19.8 Å². The lowest BCUT2D eigenvalue weighted by Gasteiger charge is -2.38. The van der Waals surface area contributed by atoms with Crippen LogP contribution < -0.4 is 0 Å². The van der Waals surface area contributed by atoms with Gasteiger partial charge in [0, 0.05) is 31.3 Å². The van der Waals surface area contributed by atoms with E-state index in [0.29, 0.717) is 25.9 Å². The van der Waals surface area contributed by atoms with Crippen LogP contribution in [0.5, 0.6) is 0 Å². The number of hydrogen-bond donors (Lipinski definition) is 0. The number of likely N-dealkylation sites (N-methyl/N-ethyl adjacent to an activating group) is 1. The summed E-state index contributed by atoms with van der Waals surface area (Å²) in [5.41, 5.74) is 2.31. The second-order valence-electron chi connectivity index (χ2n) is 7.51. The highest BCUT2D eigenvalue weighted by molar-refractivity contribution is 9.11. The van der Waals surface area contributed by atoms with Crippen LogP contribution in [-0.2, 0) is 29.1 Å². The van der Waals surface area contributed by atoms with Crippen molar-refractivity contribution in [2.45, 2.75) is 45.8 Å². The molecule has 1 aliphatic rings. The lowest BCUT2D eigenvalue weighted by atomic mass is 9.92. The van der Waals surface area contributed by atoms with Gasteiger partial charge in [0.15, 0.2) is 0 Å². The molecular formula is C21H25BrN2O2S. The zero-order valence-electron chi connectivity index (χ0n) is 15.9. The van der Waals surface area contributed by atoms with Crippen molar-refractivity contribution in [2.24, 2.45) is 5.92 Å². The summed E-state index contributed by atoms with van der Waals surface area (Å²) >= 11 is 5.09. The zero-order valence-corrected chi connectivity index (χ0v) is 18.3. The number of hydrogen-bond acceptors (Lipinski definition) is 3. The third kappa shape index (κ3) is 4.79. The van der Waals surface area contributed by atoms with E-state index >= 15 is 0 Å². The predicted octanol–water partition coefficient (Wildman–Crippen LogP) is 4.47. The van der Waals surface area contributed by atoms with Crippen molar-refractivity contribution in [1.29, 1.82) is 0 Å². The second kappa shape index (κ2) is 8.57. The van der Waals surface area contributed by atoms with Crippen molar-refractivity contribution < 1.29 is 9.59 Å². The Morgan fingerprint density at radius 1 is 1.22 bits per heavy atom. The first-order valence-corrected chi connectivity index (χ1v) is 10.8. The number of fused-ring (bicyclic) bond motifs is 1. The number of halogens is 1. The van der Waals surface area contributed by atoms with E-state index in [4.69, 9.17) is 0 Å². The van der Waals surface area contributed by atoms with E-state index in [1.165, 1.54) is 0 Å². The molecule has 0 aliphatic carbocycles. The third-order valence-corrected chi connectivity index (χ3v) is 6.44. The molecule has 0 radical (unpaired) electrons. The van der Waals surface area contributed by atoms with Gasteiger partial charge in [0.25, 0.3) is 0 Å². The highest BCUT2D eigenvalue weighted by atomic mass is 79.9. The van der Waals surface area contributed by atoms with Crippen LogP contribution in [0.1, 0.15) is 36.3 Å². The number of rotatable bonds is 5. The second-order valence-corrected chi connectivity index (χ2v) is 10.1. The number of amides is 2. The molecule has 2 aromatic rings. The fraction of sp³-hybridized carbons (Fsp3) is 0.429. The van der Waals surface area contributed by atoms with Crippen molar-refractivity contribution in [3.8, 4) is 0 Å². The van der Waals surface area contributed by atoms with Crippen molar-refractivity contribution in [1.82, 2.24) is 9.80 Å². The molecular weight excluding hydrogens is 424 g/mol. The predicted molar refractivity (Wildman–Crippen MR) is 112 cm³/mol. The van der Waals surface area contributed by atoms with Crippen LogP contribution in [0.2, 0.25) is 0 Å². The maximum atomic E-state index is 13.2. The molecule has 3 rings (SSSR count). The summed E-state index contributed by atoms with van der Waals surface area (Å²) in [4.78, 5) is 30.8. The standard InChI is InChI=1S/C21H25BrN2O2S/c1-14(2)10-20(25)24-12-16-7-5-4-6-15(16)11-18(24)21(26)23(3)13-17-8-9-19(22)27-17/h4-9,14,18H,10-13H2,1-3H3. The molecule has 0 N–H and O–H groups in total. The first-order valence-electron chi connectivity index (χ1n) is 9.20. The summed E-state index contributed by atoms with van der Waals surface area (Å²) < 4.78 is 1.05. The van der Waals surface area contributed by atoms with Crippen LogP contribution in [0.4, 0.5) is 0 Å². The Balaban J connectivity index is 1.82. The fourth-order valence-electron chi connectivity index (χ4n) is 3.47. The zero-order chi connectivity index (χ0) is 19.6. The van der Waals surface area contributed by atoms with Gasteiger partial charge in [-0.3, -0.25) is 9.59 Å². The van der Waals surface area contributed by atoms with Gasteiger partial charge in [-0.2, -0.15) is 0 Å². The molecule has 1 aromatic carbocycles. The Labute approximate surface area is 173 Å². The maximum Gasteiger partial charge on any atom is 0.245 e. The molecule has 1 unspecified atom stereocenters. The molecule has 0 saturated carbocycles. The average Bonchev–Trinajstić information content (AvgIpc) is 3.04. The average molecular weight is 449 g/mol. The Bertz CT molecular complexity index is 833. The van der Waals surface area contributed by atoms with E-state index in [9.17, 15) is 9.59 Å². The van der Waals surface area contributed by atoms with Crippen LogP contribution in [0.15, 0.2) is 40.2 Å². The SMILES string of the molecule is CC(C)CC(=O)N1Cc2ccccc2CC1C(=O)N(C)Cc1ccc(Br)s1. The first kappa shape index (κ1) is 20.1. The van der Waals surface area contributed by atoms with Gasteiger partial charge in [-0.15, -0.1) is 11.3 Å². The minimum atomic E-state index is -0.431. The largest absolute Gasteiger partial charge is 0.339 e. The summed E-state index contributed by atoms with van der Waals surface area (Å²) in [6.07, 6.45) is 1.05. The normalized spacial score (nSPS) is 16.3. The molecule has 27 heavy (non-hydrogen) atoms. The highest BCUT2D eigenvalue weighted by Gasteiger charge is 2.36. The maximum absolute atomic E-state index is 13.2. The topological polar surface area (TPSA) is 40.6 Å². The Morgan fingerprint density at radius 3 is 2.56 bits per heavy atom. The fourth-order valence-corrected chi connectivity index (χ4v) is 5.01. The third-order valence-electron chi connectivity index (χ3n) is 4.83. The van der Waals surface area contributed by atoms with Crippen molar-refractivity contribution in [2.75, 3.05) is 7.05 Å². The Morgan fingerprint density at radius 2 is 1.93 bits per heavy atom. The monoisotopic (exact) mass is 448 g/mol. The number of thiophene rings is 1. The van der Waals surface area contributed by atoms with E-state index in [1.54, 1.807) is 21.1 Å². The molecule has 1 aliphatic heterocycles. The minimum Gasteiger partial charge on any atom is -0.339 e. The Kier molecular flexibility index (Phi) is 6.37. The first-order chi connectivity index (χ1) is 12.8. The molecule has 2 heterocycles. The smallest absolute Gasteiger partial charge is 0.245 e. The van der Waals surface area contributed by atoms with Crippen LogP contribution >= 0.6 is 27.3 Å². The van der Waals surface area contributed by atoms with Gasteiger partial charge in [-0.05, 0) is 45.1 Å². The molecule has 0 bridgehead atoms. The van der Waals surface area contributed by atoms with E-state index < -0.39 is 6.04 Å². The van der Waals surface area contributed by atoms with Crippen LogP contribution in [0.25, 0.3) is 0 Å². The molecule has 6 heteroatoms. The summed E-state index contributed by atoms with van der Waals surface area (Å²) in [6, 6.07) is 11.7. The summed E-state index contributed by atoms with van der Waals surface area (Å²) in [5.74, 6) is 0.336. The van der Waals surface area contributed by atoms with E-state index in [-0.39, 0.29) is 17.7 Å². The van der Waals surface area contributed by atoms with Crippen molar-refractivity contribution in [3.63, 3.8) is 0 Å². The lowest BCUT2D eigenvalue weighted by molar-refractivity contribution is -0.147. The van der Waals surface area contributed by atoms with Crippen LogP contribution in [0, 0.1) is 5.92 Å². The number of carbonyl (C=O) groups is 2. The van der Waals surface area contributed by atoms with Gasteiger partial charge in [-0.1, -0.05) is 38.1 Å². The number of nitrogens with zero attached hydrogens (tertiary/aromatic N) is 2. The molecule has 4 nitrogen and oxygen atoms in total. The molecule has 2 amide bonds. The van der Waals surface area contributed by atoms with Crippen LogP contribution in [0.3, 0.4) is 0 Å². The minimum absolute atomic E-state index is 0.00568. The van der Waals surface area contributed by atoms with E-state index in [2.05, 4.69) is 28.1 Å². The number of benzene rings is 1. The quantitative estimate of drug-likeness (QED) is 0.676. The van der Waals surface area contributed by atoms with Gasteiger partial charge in [0.2, 0.25) is 11.8 Å². The molecule has 1 aromatic heterocycles. The summed E-state index contributed by atoms with van der Waals surface area (Å²) in [6.45, 7) is 5.14. The van der Waals surface area contributed by atoms with Gasteiger partial charge >= 0.3 is 0 Å².